The van der Waals surface area contributed by atoms with Gasteiger partial charge in [-0.1, -0.05) is 60.7 Å². The smallest absolute Gasteiger partial charge is 0.226 e. The highest BCUT2D eigenvalue weighted by Gasteiger charge is 2.22. The number of amides is 1. The topological polar surface area (TPSA) is 20.3 Å². The molecule has 0 atom stereocenters. The quantitative estimate of drug-likeness (QED) is 0.841. The number of benzene rings is 2. The van der Waals surface area contributed by atoms with Crippen molar-refractivity contribution in [3.8, 4) is 0 Å². The van der Waals surface area contributed by atoms with Gasteiger partial charge in [-0.25, -0.2) is 0 Å². The van der Waals surface area contributed by atoms with Crippen LogP contribution in [-0.4, -0.2) is 23.9 Å². The van der Waals surface area contributed by atoms with E-state index in [1.807, 2.05) is 35.2 Å². The zero-order valence-electron chi connectivity index (χ0n) is 12.9. The van der Waals surface area contributed by atoms with Gasteiger partial charge in [0.2, 0.25) is 5.91 Å². The minimum atomic E-state index is 0.268. The second-order valence-corrected chi connectivity index (χ2v) is 6.18. The summed E-state index contributed by atoms with van der Waals surface area (Å²) in [4.78, 5) is 14.4. The van der Waals surface area contributed by atoms with Gasteiger partial charge in [0.05, 0.1) is 6.42 Å². The number of likely N-dealkylation sites (tertiary alicyclic amines) is 1. The molecular formula is C20H23NO. The third kappa shape index (κ3) is 3.97. The predicted octanol–water partition coefficient (Wildman–Crippen LogP) is 3.71. The molecule has 0 spiro atoms. The molecule has 1 saturated heterocycles. The summed E-state index contributed by atoms with van der Waals surface area (Å²) in [7, 11) is 0. The van der Waals surface area contributed by atoms with Gasteiger partial charge < -0.3 is 4.90 Å². The SMILES string of the molecule is O=C(Cc1ccccc1)N1CCC(Cc2ccccc2)CC1. The summed E-state index contributed by atoms with van der Waals surface area (Å²) >= 11 is 0. The first-order valence-corrected chi connectivity index (χ1v) is 8.17. The van der Waals surface area contributed by atoms with Crippen LogP contribution in [0.25, 0.3) is 0 Å². The summed E-state index contributed by atoms with van der Waals surface area (Å²) in [6.07, 6.45) is 3.91. The van der Waals surface area contributed by atoms with E-state index in [1.165, 1.54) is 5.56 Å². The monoisotopic (exact) mass is 293 g/mol. The van der Waals surface area contributed by atoms with Crippen LogP contribution in [0.1, 0.15) is 24.0 Å². The maximum absolute atomic E-state index is 12.4. The molecule has 2 aromatic carbocycles. The van der Waals surface area contributed by atoms with Gasteiger partial charge in [-0.3, -0.25) is 4.79 Å². The summed E-state index contributed by atoms with van der Waals surface area (Å²) in [5.74, 6) is 0.979. The number of hydrogen-bond donors (Lipinski definition) is 0. The molecule has 0 saturated carbocycles. The van der Waals surface area contributed by atoms with E-state index < -0.39 is 0 Å². The number of rotatable bonds is 4. The van der Waals surface area contributed by atoms with E-state index in [0.29, 0.717) is 12.3 Å². The molecule has 0 bridgehead atoms. The van der Waals surface area contributed by atoms with Gasteiger partial charge in [-0.05, 0) is 36.3 Å². The Kier molecular flexibility index (Phi) is 4.89. The van der Waals surface area contributed by atoms with Crippen molar-refractivity contribution in [3.63, 3.8) is 0 Å². The van der Waals surface area contributed by atoms with Gasteiger partial charge in [-0.15, -0.1) is 0 Å². The van der Waals surface area contributed by atoms with E-state index in [1.54, 1.807) is 0 Å². The summed E-state index contributed by atoms with van der Waals surface area (Å²) < 4.78 is 0. The molecule has 114 valence electrons. The highest BCUT2D eigenvalue weighted by atomic mass is 16.2. The van der Waals surface area contributed by atoms with Crippen LogP contribution in [-0.2, 0) is 17.6 Å². The number of carbonyl (C=O) groups is 1. The first-order chi connectivity index (χ1) is 10.8. The number of carbonyl (C=O) groups excluding carboxylic acids is 1. The molecule has 0 radical (unpaired) electrons. The molecule has 0 unspecified atom stereocenters. The van der Waals surface area contributed by atoms with Crippen LogP contribution in [0.4, 0.5) is 0 Å². The second kappa shape index (κ2) is 7.26. The van der Waals surface area contributed by atoms with Gasteiger partial charge in [0.25, 0.3) is 0 Å². The summed E-state index contributed by atoms with van der Waals surface area (Å²) in [5.41, 5.74) is 2.52. The zero-order chi connectivity index (χ0) is 15.2. The Hall–Kier alpha value is -2.09. The van der Waals surface area contributed by atoms with Crippen LogP contribution in [0.5, 0.6) is 0 Å². The summed E-state index contributed by atoms with van der Waals surface area (Å²) in [5, 5.41) is 0. The van der Waals surface area contributed by atoms with Crippen LogP contribution < -0.4 is 0 Å². The first kappa shape index (κ1) is 14.8. The van der Waals surface area contributed by atoms with E-state index in [9.17, 15) is 4.79 Å². The molecule has 1 heterocycles. The maximum Gasteiger partial charge on any atom is 0.226 e. The number of nitrogens with zero attached hydrogens (tertiary/aromatic N) is 1. The standard InChI is InChI=1S/C20H23NO/c22-20(16-18-9-5-2-6-10-18)21-13-11-19(12-14-21)15-17-7-3-1-4-8-17/h1-10,19H,11-16H2. The van der Waals surface area contributed by atoms with Gasteiger partial charge in [0.1, 0.15) is 0 Å². The van der Waals surface area contributed by atoms with Crippen molar-refractivity contribution in [3.05, 3.63) is 71.8 Å². The van der Waals surface area contributed by atoms with Gasteiger partial charge in [0, 0.05) is 13.1 Å². The van der Waals surface area contributed by atoms with Gasteiger partial charge in [0.15, 0.2) is 0 Å². The summed E-state index contributed by atoms with van der Waals surface area (Å²) in [6, 6.07) is 20.7. The lowest BCUT2D eigenvalue weighted by molar-refractivity contribution is -0.131. The normalized spacial score (nSPS) is 15.7. The number of hydrogen-bond acceptors (Lipinski definition) is 1. The Labute approximate surface area is 132 Å². The molecular weight excluding hydrogens is 270 g/mol. The van der Waals surface area contributed by atoms with Gasteiger partial charge >= 0.3 is 0 Å². The van der Waals surface area contributed by atoms with Crippen LogP contribution in [0.3, 0.4) is 0 Å². The molecule has 0 N–H and O–H groups in total. The lowest BCUT2D eigenvalue weighted by Gasteiger charge is -2.32. The van der Waals surface area contributed by atoms with E-state index in [4.69, 9.17) is 0 Å². The molecule has 1 aliphatic heterocycles. The van der Waals surface area contributed by atoms with E-state index in [0.717, 1.165) is 37.9 Å². The van der Waals surface area contributed by atoms with Crippen molar-refractivity contribution in [1.29, 1.82) is 0 Å². The number of piperidine rings is 1. The average molecular weight is 293 g/mol. The van der Waals surface area contributed by atoms with Crippen molar-refractivity contribution < 1.29 is 4.79 Å². The van der Waals surface area contributed by atoms with E-state index in [2.05, 4.69) is 30.3 Å². The van der Waals surface area contributed by atoms with E-state index >= 15 is 0 Å². The molecule has 2 aromatic rings. The lowest BCUT2D eigenvalue weighted by Crippen LogP contribution is -2.39. The van der Waals surface area contributed by atoms with Crippen molar-refractivity contribution in [2.75, 3.05) is 13.1 Å². The molecule has 2 heteroatoms. The Bertz CT molecular complexity index is 586. The highest BCUT2D eigenvalue weighted by Crippen LogP contribution is 2.22. The van der Waals surface area contributed by atoms with Crippen molar-refractivity contribution in [2.45, 2.75) is 25.7 Å². The van der Waals surface area contributed by atoms with Crippen LogP contribution in [0.15, 0.2) is 60.7 Å². The zero-order valence-corrected chi connectivity index (χ0v) is 12.9. The van der Waals surface area contributed by atoms with Gasteiger partial charge in [-0.2, -0.15) is 0 Å². The third-order valence-corrected chi connectivity index (χ3v) is 4.53. The van der Waals surface area contributed by atoms with Crippen molar-refractivity contribution >= 4 is 5.91 Å². The fraction of sp³-hybridized carbons (Fsp3) is 0.350. The molecule has 1 fully saturated rings. The molecule has 3 rings (SSSR count). The molecule has 0 aromatic heterocycles. The summed E-state index contributed by atoms with van der Waals surface area (Å²) in [6.45, 7) is 1.81. The first-order valence-electron chi connectivity index (χ1n) is 8.17. The second-order valence-electron chi connectivity index (χ2n) is 6.18. The molecule has 0 aliphatic carbocycles. The minimum absolute atomic E-state index is 0.268. The third-order valence-electron chi connectivity index (χ3n) is 4.53. The largest absolute Gasteiger partial charge is 0.342 e. The average Bonchev–Trinajstić information content (AvgIpc) is 2.57. The fourth-order valence-corrected chi connectivity index (χ4v) is 3.22. The maximum atomic E-state index is 12.4. The molecule has 1 amide bonds. The Morgan fingerprint density at radius 2 is 1.41 bits per heavy atom. The van der Waals surface area contributed by atoms with E-state index in [-0.39, 0.29) is 5.91 Å². The van der Waals surface area contributed by atoms with Crippen LogP contribution in [0, 0.1) is 5.92 Å². The Balaban J connectivity index is 1.48. The lowest BCUT2D eigenvalue weighted by atomic mass is 9.90. The van der Waals surface area contributed by atoms with Crippen LogP contribution >= 0.6 is 0 Å². The highest BCUT2D eigenvalue weighted by molar-refractivity contribution is 5.78. The van der Waals surface area contributed by atoms with Crippen LogP contribution in [0.2, 0.25) is 0 Å². The molecule has 2 nitrogen and oxygen atoms in total. The fourth-order valence-electron chi connectivity index (χ4n) is 3.22. The van der Waals surface area contributed by atoms with Crippen molar-refractivity contribution in [1.82, 2.24) is 4.90 Å². The predicted molar refractivity (Wildman–Crippen MR) is 89.6 cm³/mol. The minimum Gasteiger partial charge on any atom is -0.342 e. The Morgan fingerprint density at radius 3 is 2.00 bits per heavy atom. The van der Waals surface area contributed by atoms with Crippen molar-refractivity contribution in [2.24, 2.45) is 5.92 Å². The Morgan fingerprint density at radius 1 is 0.864 bits per heavy atom. The molecule has 22 heavy (non-hydrogen) atoms. The molecule has 1 aliphatic rings.